The Hall–Kier alpha value is -3.07. The lowest BCUT2D eigenvalue weighted by atomic mass is 9.92. The molecule has 1 amide bonds. The highest BCUT2D eigenvalue weighted by molar-refractivity contribution is 5.76. The summed E-state index contributed by atoms with van der Waals surface area (Å²) in [4.78, 5) is 12.5. The Kier molecular flexibility index (Phi) is 5.72. The van der Waals surface area contributed by atoms with Crippen LogP contribution in [0.1, 0.15) is 31.2 Å². The molecular formula is C19H23N7O2. The summed E-state index contributed by atoms with van der Waals surface area (Å²) in [7, 11) is 0. The number of hydrogen-bond acceptors (Lipinski definition) is 6. The van der Waals surface area contributed by atoms with Crippen LogP contribution >= 0.6 is 0 Å². The number of ether oxygens (including phenoxy) is 1. The van der Waals surface area contributed by atoms with E-state index in [0.717, 1.165) is 31.2 Å². The largest absolute Gasteiger partial charge is 0.371 e. The zero-order valence-corrected chi connectivity index (χ0v) is 15.5. The van der Waals surface area contributed by atoms with Gasteiger partial charge in [0.1, 0.15) is 12.2 Å². The molecule has 0 bridgehead atoms. The van der Waals surface area contributed by atoms with Crippen LogP contribution < -0.4 is 5.32 Å². The smallest absolute Gasteiger partial charge is 0.242 e. The van der Waals surface area contributed by atoms with Crippen LogP contribution in [0.3, 0.4) is 0 Å². The summed E-state index contributed by atoms with van der Waals surface area (Å²) in [5, 5.41) is 21.1. The van der Waals surface area contributed by atoms with Crippen molar-refractivity contribution in [1.82, 2.24) is 35.7 Å². The summed E-state index contributed by atoms with van der Waals surface area (Å²) in [6, 6.07) is 11.9. The van der Waals surface area contributed by atoms with Crippen LogP contribution in [-0.2, 0) is 22.7 Å². The molecule has 1 aromatic carbocycles. The molecule has 28 heavy (non-hydrogen) atoms. The Bertz CT molecular complexity index is 879. The molecule has 0 aliphatic heterocycles. The minimum absolute atomic E-state index is 0.0252. The van der Waals surface area contributed by atoms with Crippen molar-refractivity contribution in [3.05, 3.63) is 48.2 Å². The second-order valence-electron chi connectivity index (χ2n) is 6.93. The number of H-pyrrole nitrogens is 1. The molecule has 1 aliphatic carbocycles. The number of hydrogen-bond donors (Lipinski definition) is 2. The van der Waals surface area contributed by atoms with Crippen LogP contribution in [0.2, 0.25) is 0 Å². The van der Waals surface area contributed by atoms with Crippen molar-refractivity contribution >= 4 is 5.91 Å². The lowest BCUT2D eigenvalue weighted by Gasteiger charge is -2.32. The SMILES string of the molecule is O=C(Cn1ccc(-c2nn[nH]n2)n1)NC1CCCCC1OCc1ccccc1. The van der Waals surface area contributed by atoms with Gasteiger partial charge in [-0.1, -0.05) is 43.2 Å². The molecule has 1 saturated carbocycles. The fraction of sp³-hybridized carbons (Fsp3) is 0.421. The molecule has 0 spiro atoms. The molecule has 1 fully saturated rings. The Balaban J connectivity index is 1.31. The second-order valence-corrected chi connectivity index (χ2v) is 6.93. The van der Waals surface area contributed by atoms with E-state index in [0.29, 0.717) is 18.1 Å². The number of carbonyl (C=O) groups is 1. The van der Waals surface area contributed by atoms with E-state index in [4.69, 9.17) is 4.74 Å². The summed E-state index contributed by atoms with van der Waals surface area (Å²) < 4.78 is 7.69. The van der Waals surface area contributed by atoms with Crippen LogP contribution in [0.15, 0.2) is 42.6 Å². The molecular weight excluding hydrogens is 358 g/mol. The van der Waals surface area contributed by atoms with E-state index in [2.05, 4.69) is 43.2 Å². The maximum Gasteiger partial charge on any atom is 0.242 e. The molecule has 3 aromatic rings. The van der Waals surface area contributed by atoms with Gasteiger partial charge in [-0.05, 0) is 29.7 Å². The molecule has 9 heteroatoms. The molecule has 2 heterocycles. The standard InChI is InChI=1S/C19H23N7O2/c27-18(12-26-11-10-16(23-26)19-21-24-25-22-19)20-15-8-4-5-9-17(15)28-13-14-6-2-1-3-7-14/h1-3,6-7,10-11,15,17H,4-5,8-9,12-13H2,(H,20,27)(H,21,22,24,25). The Morgan fingerprint density at radius 1 is 1.21 bits per heavy atom. The summed E-state index contributed by atoms with van der Waals surface area (Å²) in [6.45, 7) is 0.699. The van der Waals surface area contributed by atoms with Gasteiger partial charge in [0.05, 0.1) is 18.8 Å². The van der Waals surface area contributed by atoms with Crippen molar-refractivity contribution in [2.75, 3.05) is 0 Å². The quantitative estimate of drug-likeness (QED) is 0.645. The topological polar surface area (TPSA) is 111 Å². The Labute approximate surface area is 162 Å². The van der Waals surface area contributed by atoms with Crippen LogP contribution in [0.25, 0.3) is 11.5 Å². The van der Waals surface area contributed by atoms with Gasteiger partial charge < -0.3 is 10.1 Å². The van der Waals surface area contributed by atoms with Gasteiger partial charge in [0.15, 0.2) is 0 Å². The molecule has 9 nitrogen and oxygen atoms in total. The zero-order valence-electron chi connectivity index (χ0n) is 15.5. The minimum Gasteiger partial charge on any atom is -0.371 e. The van der Waals surface area contributed by atoms with Crippen molar-refractivity contribution in [1.29, 1.82) is 0 Å². The first-order valence-corrected chi connectivity index (χ1v) is 9.50. The van der Waals surface area contributed by atoms with E-state index in [9.17, 15) is 4.79 Å². The molecule has 2 N–H and O–H groups in total. The Morgan fingerprint density at radius 3 is 2.89 bits per heavy atom. The lowest BCUT2D eigenvalue weighted by molar-refractivity contribution is -0.124. The normalized spacial score (nSPS) is 19.4. The molecule has 2 aromatic heterocycles. The lowest BCUT2D eigenvalue weighted by Crippen LogP contribution is -2.47. The number of amides is 1. The highest BCUT2D eigenvalue weighted by Gasteiger charge is 2.27. The zero-order chi connectivity index (χ0) is 19.2. The molecule has 4 rings (SSSR count). The molecule has 1 aliphatic rings. The maximum atomic E-state index is 12.5. The first-order valence-electron chi connectivity index (χ1n) is 9.50. The van der Waals surface area contributed by atoms with Gasteiger partial charge in [-0.3, -0.25) is 9.48 Å². The van der Waals surface area contributed by atoms with Gasteiger partial charge >= 0.3 is 0 Å². The summed E-state index contributed by atoms with van der Waals surface area (Å²) in [5.74, 6) is 0.323. The summed E-state index contributed by atoms with van der Waals surface area (Å²) >= 11 is 0. The van der Waals surface area contributed by atoms with Gasteiger partial charge in [0.2, 0.25) is 11.7 Å². The number of tetrazole rings is 1. The number of aromatic nitrogens is 6. The van der Waals surface area contributed by atoms with E-state index < -0.39 is 0 Å². The number of benzene rings is 1. The Morgan fingerprint density at radius 2 is 2.07 bits per heavy atom. The fourth-order valence-electron chi connectivity index (χ4n) is 3.48. The number of rotatable bonds is 7. The maximum absolute atomic E-state index is 12.5. The average Bonchev–Trinajstić information content (AvgIpc) is 3.40. The second kappa shape index (κ2) is 8.75. The minimum atomic E-state index is -0.0806. The van der Waals surface area contributed by atoms with Gasteiger partial charge in [0.25, 0.3) is 0 Å². The number of nitrogens with one attached hydrogen (secondary N) is 2. The highest BCUT2D eigenvalue weighted by Crippen LogP contribution is 2.22. The highest BCUT2D eigenvalue weighted by atomic mass is 16.5. The molecule has 2 atom stereocenters. The van der Waals surface area contributed by atoms with Gasteiger partial charge in [0, 0.05) is 6.20 Å². The van der Waals surface area contributed by atoms with Crippen LogP contribution in [-0.4, -0.2) is 48.5 Å². The van der Waals surface area contributed by atoms with E-state index in [1.54, 1.807) is 16.9 Å². The predicted molar refractivity (Wildman–Crippen MR) is 101 cm³/mol. The third-order valence-electron chi connectivity index (χ3n) is 4.88. The van der Waals surface area contributed by atoms with Gasteiger partial charge in [-0.2, -0.15) is 10.3 Å². The van der Waals surface area contributed by atoms with E-state index in [-0.39, 0.29) is 24.6 Å². The first kappa shape index (κ1) is 18.3. The summed E-state index contributed by atoms with van der Waals surface area (Å²) in [6.07, 6.45) is 5.87. The van der Waals surface area contributed by atoms with E-state index in [1.807, 2.05) is 18.2 Å². The fourth-order valence-corrected chi connectivity index (χ4v) is 3.48. The first-order chi connectivity index (χ1) is 13.8. The number of aromatic amines is 1. The molecule has 0 radical (unpaired) electrons. The molecule has 2 unspecified atom stereocenters. The van der Waals surface area contributed by atoms with Crippen LogP contribution in [0, 0.1) is 0 Å². The molecule has 146 valence electrons. The van der Waals surface area contributed by atoms with Crippen LogP contribution in [0.4, 0.5) is 0 Å². The van der Waals surface area contributed by atoms with Crippen molar-refractivity contribution in [2.24, 2.45) is 0 Å². The van der Waals surface area contributed by atoms with E-state index in [1.165, 1.54) is 0 Å². The average molecular weight is 381 g/mol. The summed E-state index contributed by atoms with van der Waals surface area (Å²) in [5.41, 5.74) is 1.71. The third-order valence-corrected chi connectivity index (χ3v) is 4.88. The van der Waals surface area contributed by atoms with Crippen molar-refractivity contribution in [3.8, 4) is 11.5 Å². The number of carbonyl (C=O) groups excluding carboxylic acids is 1. The van der Waals surface area contributed by atoms with Crippen molar-refractivity contribution < 1.29 is 9.53 Å². The molecule has 0 saturated heterocycles. The van der Waals surface area contributed by atoms with E-state index >= 15 is 0 Å². The number of nitrogens with zero attached hydrogens (tertiary/aromatic N) is 5. The van der Waals surface area contributed by atoms with Gasteiger partial charge in [-0.15, -0.1) is 10.2 Å². The van der Waals surface area contributed by atoms with Gasteiger partial charge in [-0.25, -0.2) is 0 Å². The van der Waals surface area contributed by atoms with Crippen LogP contribution in [0.5, 0.6) is 0 Å². The predicted octanol–water partition coefficient (Wildman–Crippen LogP) is 1.71. The van der Waals surface area contributed by atoms with Crippen molar-refractivity contribution in [3.63, 3.8) is 0 Å². The monoisotopic (exact) mass is 381 g/mol. The van der Waals surface area contributed by atoms with Crippen molar-refractivity contribution in [2.45, 2.75) is 51.0 Å². The third kappa shape index (κ3) is 4.61.